The molecule has 2 rings (SSSR count). The van der Waals surface area contributed by atoms with Crippen molar-refractivity contribution in [3.8, 4) is 0 Å². The van der Waals surface area contributed by atoms with Gasteiger partial charge in [-0.1, -0.05) is 13.8 Å². The first-order valence-corrected chi connectivity index (χ1v) is 10.8. The van der Waals surface area contributed by atoms with E-state index >= 15 is 0 Å². The number of ether oxygens (including phenoxy) is 2. The Balaban J connectivity index is 1.92. The normalized spacial score (nSPS) is 16.6. The SMILES string of the molecule is CC(C)CCC(=O)OC(C)C(=O)Nc1ccc(S(=O)(=O)N2CCOCC2)cc1. The Hall–Kier alpha value is -1.97. The summed E-state index contributed by atoms with van der Waals surface area (Å²) in [6, 6.07) is 5.91. The third-order valence-electron chi connectivity index (χ3n) is 4.33. The summed E-state index contributed by atoms with van der Waals surface area (Å²) in [6.07, 6.45) is 0.0340. The van der Waals surface area contributed by atoms with E-state index in [0.29, 0.717) is 44.3 Å². The van der Waals surface area contributed by atoms with Crippen LogP contribution >= 0.6 is 0 Å². The Morgan fingerprint density at radius 2 is 1.75 bits per heavy atom. The van der Waals surface area contributed by atoms with E-state index in [1.165, 1.54) is 35.5 Å². The van der Waals surface area contributed by atoms with Gasteiger partial charge in [-0.05, 0) is 43.5 Å². The van der Waals surface area contributed by atoms with Crippen LogP contribution in [0.5, 0.6) is 0 Å². The molecule has 0 radical (unpaired) electrons. The van der Waals surface area contributed by atoms with Gasteiger partial charge >= 0.3 is 5.97 Å². The first-order chi connectivity index (χ1) is 13.2. The van der Waals surface area contributed by atoms with E-state index in [-0.39, 0.29) is 11.3 Å². The molecule has 1 N–H and O–H groups in total. The smallest absolute Gasteiger partial charge is 0.306 e. The topological polar surface area (TPSA) is 102 Å². The van der Waals surface area contributed by atoms with Gasteiger partial charge in [-0.3, -0.25) is 9.59 Å². The zero-order valence-electron chi connectivity index (χ0n) is 16.5. The maximum atomic E-state index is 12.6. The molecule has 1 aliphatic rings. The van der Waals surface area contributed by atoms with Crippen LogP contribution in [0.25, 0.3) is 0 Å². The molecule has 1 aromatic rings. The van der Waals surface area contributed by atoms with Crippen LogP contribution in [0.15, 0.2) is 29.2 Å². The summed E-state index contributed by atoms with van der Waals surface area (Å²) >= 11 is 0. The van der Waals surface area contributed by atoms with Crippen molar-refractivity contribution >= 4 is 27.6 Å². The number of hydrogen-bond acceptors (Lipinski definition) is 6. The van der Waals surface area contributed by atoms with Crippen molar-refractivity contribution in [3.05, 3.63) is 24.3 Å². The van der Waals surface area contributed by atoms with E-state index in [1.54, 1.807) is 0 Å². The summed E-state index contributed by atoms with van der Waals surface area (Å²) in [4.78, 5) is 24.1. The fourth-order valence-electron chi connectivity index (χ4n) is 2.61. The average Bonchev–Trinajstić information content (AvgIpc) is 2.67. The maximum Gasteiger partial charge on any atom is 0.306 e. The molecule has 1 aromatic carbocycles. The van der Waals surface area contributed by atoms with Gasteiger partial charge in [0, 0.05) is 25.2 Å². The second-order valence-corrected chi connectivity index (χ2v) is 9.03. The summed E-state index contributed by atoms with van der Waals surface area (Å²) < 4.78 is 36.9. The number of morpholine rings is 1. The molecule has 1 fully saturated rings. The van der Waals surface area contributed by atoms with Gasteiger partial charge < -0.3 is 14.8 Å². The summed E-state index contributed by atoms with van der Waals surface area (Å²) in [5, 5.41) is 2.63. The van der Waals surface area contributed by atoms with Crippen molar-refractivity contribution in [1.29, 1.82) is 0 Å². The van der Waals surface area contributed by atoms with Gasteiger partial charge in [-0.15, -0.1) is 0 Å². The number of amides is 1. The first-order valence-electron chi connectivity index (χ1n) is 9.38. The minimum absolute atomic E-state index is 0.153. The van der Waals surface area contributed by atoms with Gasteiger partial charge in [0.2, 0.25) is 10.0 Å². The lowest BCUT2D eigenvalue weighted by molar-refractivity contribution is -0.153. The number of esters is 1. The van der Waals surface area contributed by atoms with Crippen molar-refractivity contribution in [3.63, 3.8) is 0 Å². The van der Waals surface area contributed by atoms with Gasteiger partial charge in [0.1, 0.15) is 0 Å². The molecule has 8 nitrogen and oxygen atoms in total. The zero-order valence-corrected chi connectivity index (χ0v) is 17.3. The number of rotatable bonds is 8. The van der Waals surface area contributed by atoms with Crippen LogP contribution in [-0.2, 0) is 29.1 Å². The highest BCUT2D eigenvalue weighted by atomic mass is 32.2. The molecule has 1 amide bonds. The van der Waals surface area contributed by atoms with Crippen LogP contribution in [0.3, 0.4) is 0 Å². The van der Waals surface area contributed by atoms with Crippen molar-refractivity contribution in [2.75, 3.05) is 31.6 Å². The fourth-order valence-corrected chi connectivity index (χ4v) is 4.01. The number of anilines is 1. The highest BCUT2D eigenvalue weighted by Crippen LogP contribution is 2.19. The Bertz CT molecular complexity index is 770. The summed E-state index contributed by atoms with van der Waals surface area (Å²) in [6.45, 7) is 6.90. The lowest BCUT2D eigenvalue weighted by Gasteiger charge is -2.26. The average molecular weight is 413 g/mol. The predicted octanol–water partition coefficient (Wildman–Crippen LogP) is 2.01. The number of nitrogens with zero attached hydrogens (tertiary/aromatic N) is 1. The molecule has 1 heterocycles. The number of carbonyl (C=O) groups is 2. The number of sulfonamides is 1. The summed E-state index contributed by atoms with van der Waals surface area (Å²) in [5.41, 5.74) is 0.427. The molecular weight excluding hydrogens is 384 g/mol. The third kappa shape index (κ3) is 6.29. The van der Waals surface area contributed by atoms with Gasteiger partial charge in [0.15, 0.2) is 6.10 Å². The quantitative estimate of drug-likeness (QED) is 0.656. The van der Waals surface area contributed by atoms with Gasteiger partial charge in [0.05, 0.1) is 18.1 Å². The van der Waals surface area contributed by atoms with Crippen LogP contribution in [0.1, 0.15) is 33.6 Å². The second kappa shape index (κ2) is 9.99. The van der Waals surface area contributed by atoms with Crippen molar-refractivity contribution < 1.29 is 27.5 Å². The van der Waals surface area contributed by atoms with E-state index in [1.807, 2.05) is 13.8 Å². The largest absolute Gasteiger partial charge is 0.453 e. The molecule has 156 valence electrons. The molecule has 0 saturated carbocycles. The van der Waals surface area contributed by atoms with Crippen LogP contribution in [0.4, 0.5) is 5.69 Å². The standard InChI is InChI=1S/C19H28N2O6S/c1-14(2)4-9-18(22)27-15(3)19(23)20-16-5-7-17(8-6-16)28(24,25)21-10-12-26-13-11-21/h5-8,14-15H,4,9-13H2,1-3H3,(H,20,23). The molecule has 1 unspecified atom stereocenters. The summed E-state index contributed by atoms with van der Waals surface area (Å²) in [5.74, 6) is -0.506. The lowest BCUT2D eigenvalue weighted by atomic mass is 10.1. The zero-order chi connectivity index (χ0) is 20.7. The fraction of sp³-hybridized carbons (Fsp3) is 0.579. The van der Waals surface area contributed by atoms with Gasteiger partial charge in [0.25, 0.3) is 5.91 Å². The third-order valence-corrected chi connectivity index (χ3v) is 6.25. The van der Waals surface area contributed by atoms with E-state index in [0.717, 1.165) is 0 Å². The molecule has 9 heteroatoms. The highest BCUT2D eigenvalue weighted by molar-refractivity contribution is 7.89. The van der Waals surface area contributed by atoms with Crippen molar-refractivity contribution in [2.45, 2.75) is 44.6 Å². The minimum atomic E-state index is -3.58. The Kier molecular flexibility index (Phi) is 7.97. The number of benzene rings is 1. The second-order valence-electron chi connectivity index (χ2n) is 7.09. The molecule has 0 spiro atoms. The highest BCUT2D eigenvalue weighted by Gasteiger charge is 2.26. The Labute approximate surface area is 166 Å². The molecule has 0 aromatic heterocycles. The lowest BCUT2D eigenvalue weighted by Crippen LogP contribution is -2.40. The van der Waals surface area contributed by atoms with Gasteiger partial charge in [-0.2, -0.15) is 4.31 Å². The van der Waals surface area contributed by atoms with Gasteiger partial charge in [-0.25, -0.2) is 8.42 Å². The van der Waals surface area contributed by atoms with E-state index < -0.39 is 28.0 Å². The molecular formula is C19H28N2O6S. The predicted molar refractivity (Wildman–Crippen MR) is 104 cm³/mol. The number of hydrogen-bond donors (Lipinski definition) is 1. The van der Waals surface area contributed by atoms with Crippen LogP contribution in [0.2, 0.25) is 0 Å². The minimum Gasteiger partial charge on any atom is -0.453 e. The van der Waals surface area contributed by atoms with Crippen LogP contribution < -0.4 is 5.32 Å². The molecule has 0 bridgehead atoms. The molecule has 28 heavy (non-hydrogen) atoms. The first kappa shape index (κ1) is 22.3. The monoisotopic (exact) mass is 412 g/mol. The van der Waals surface area contributed by atoms with E-state index in [4.69, 9.17) is 9.47 Å². The maximum absolute atomic E-state index is 12.6. The molecule has 1 saturated heterocycles. The summed E-state index contributed by atoms with van der Waals surface area (Å²) in [7, 11) is -3.58. The number of nitrogens with one attached hydrogen (secondary N) is 1. The Morgan fingerprint density at radius 1 is 1.14 bits per heavy atom. The molecule has 1 aliphatic heterocycles. The van der Waals surface area contributed by atoms with E-state index in [2.05, 4.69) is 5.32 Å². The van der Waals surface area contributed by atoms with Crippen molar-refractivity contribution in [2.24, 2.45) is 5.92 Å². The number of carbonyl (C=O) groups excluding carboxylic acids is 2. The van der Waals surface area contributed by atoms with Crippen molar-refractivity contribution in [1.82, 2.24) is 4.31 Å². The van der Waals surface area contributed by atoms with Crippen LogP contribution in [-0.4, -0.2) is 57.0 Å². The van der Waals surface area contributed by atoms with E-state index in [9.17, 15) is 18.0 Å². The molecule has 0 aliphatic carbocycles. The molecule has 1 atom stereocenters. The van der Waals surface area contributed by atoms with Crippen LogP contribution in [0, 0.1) is 5.92 Å². The Morgan fingerprint density at radius 3 is 2.32 bits per heavy atom.